The number of benzene rings is 3. The average molecular weight is 453 g/mol. The fraction of sp³-hybridized carbons (Fsp3) is 0.0870. The van der Waals surface area contributed by atoms with Crippen molar-refractivity contribution in [2.75, 3.05) is 6.54 Å². The average Bonchev–Trinajstić information content (AvgIpc) is 3.24. The third kappa shape index (κ3) is 4.87. The lowest BCUT2D eigenvalue weighted by Gasteiger charge is -2.20. The largest absolute Gasteiger partial charge is 0.345 e. The lowest BCUT2D eigenvalue weighted by molar-refractivity contribution is -0.120. The highest BCUT2D eigenvalue weighted by Crippen LogP contribution is 2.25. The van der Waals surface area contributed by atoms with Gasteiger partial charge in [-0.05, 0) is 41.5 Å². The van der Waals surface area contributed by atoms with Gasteiger partial charge in [0.25, 0.3) is 5.91 Å². The molecule has 0 radical (unpaired) electrons. The van der Waals surface area contributed by atoms with Crippen LogP contribution in [0.1, 0.15) is 27.5 Å². The van der Waals surface area contributed by atoms with Gasteiger partial charge >= 0.3 is 0 Å². The van der Waals surface area contributed by atoms with Crippen LogP contribution in [0.4, 0.5) is 0 Å². The highest BCUT2D eigenvalue weighted by atomic mass is 35.5. The van der Waals surface area contributed by atoms with Crippen molar-refractivity contribution in [1.29, 1.82) is 0 Å². The highest BCUT2D eigenvalue weighted by molar-refractivity contribution is 6.36. The number of carbonyl (C=O) groups is 2. The number of fused-ring (bicyclic) bond motifs is 1. The molecule has 8 heteroatoms. The third-order valence-corrected chi connectivity index (χ3v) is 5.35. The molecule has 6 nitrogen and oxygen atoms in total. The molecule has 1 heterocycles. The van der Waals surface area contributed by atoms with Crippen molar-refractivity contribution < 1.29 is 9.59 Å². The van der Waals surface area contributed by atoms with Gasteiger partial charge in [0.05, 0.1) is 40.5 Å². The van der Waals surface area contributed by atoms with Gasteiger partial charge in [-0.25, -0.2) is 4.98 Å². The van der Waals surface area contributed by atoms with Crippen molar-refractivity contribution in [3.8, 4) is 0 Å². The number of nitrogens with zero attached hydrogens (tertiary/aromatic N) is 1. The van der Waals surface area contributed by atoms with Gasteiger partial charge in [0.1, 0.15) is 0 Å². The molecule has 0 saturated heterocycles. The molecule has 2 amide bonds. The number of aromatic amines is 1. The van der Waals surface area contributed by atoms with Crippen molar-refractivity contribution in [2.24, 2.45) is 0 Å². The second-order valence-electron chi connectivity index (χ2n) is 6.90. The fourth-order valence-corrected chi connectivity index (χ4v) is 3.77. The Hall–Kier alpha value is -3.35. The number of hydrogen-bond acceptors (Lipinski definition) is 3. The molecule has 1 unspecified atom stereocenters. The van der Waals surface area contributed by atoms with E-state index in [1.165, 1.54) is 12.1 Å². The van der Waals surface area contributed by atoms with Crippen LogP contribution < -0.4 is 10.6 Å². The molecule has 4 rings (SSSR count). The molecule has 156 valence electrons. The van der Waals surface area contributed by atoms with E-state index >= 15 is 0 Å². The summed E-state index contributed by atoms with van der Waals surface area (Å²) in [6.07, 6.45) is 1.63. The summed E-state index contributed by atoms with van der Waals surface area (Å²) < 4.78 is 0. The second kappa shape index (κ2) is 9.20. The standard InChI is InChI=1S/C23H18Cl2N4O2/c24-16-7-8-17(18(25)11-16)23(31)26-12-21(30)29-22(14-4-2-1-3-5-14)15-6-9-19-20(10-15)28-13-27-19/h1-11,13,22H,12H2,(H,26,31)(H,27,28)(H,29,30). The number of carbonyl (C=O) groups excluding carboxylic acids is 2. The monoisotopic (exact) mass is 452 g/mol. The fourth-order valence-electron chi connectivity index (χ4n) is 3.28. The van der Waals surface area contributed by atoms with Crippen LogP contribution in [0.3, 0.4) is 0 Å². The van der Waals surface area contributed by atoms with Crippen LogP contribution in [-0.2, 0) is 4.79 Å². The zero-order chi connectivity index (χ0) is 21.8. The van der Waals surface area contributed by atoms with E-state index in [1.807, 2.05) is 48.5 Å². The first-order chi connectivity index (χ1) is 15.0. The summed E-state index contributed by atoms with van der Waals surface area (Å²) in [5, 5.41) is 6.25. The normalized spacial score (nSPS) is 11.8. The molecular weight excluding hydrogens is 435 g/mol. The topological polar surface area (TPSA) is 86.9 Å². The molecule has 1 atom stereocenters. The summed E-state index contributed by atoms with van der Waals surface area (Å²) in [4.78, 5) is 32.4. The van der Waals surface area contributed by atoms with Gasteiger partial charge in [-0.1, -0.05) is 59.6 Å². The molecule has 0 spiro atoms. The number of halogens is 2. The molecule has 31 heavy (non-hydrogen) atoms. The number of H-pyrrole nitrogens is 1. The Balaban J connectivity index is 1.50. The van der Waals surface area contributed by atoms with E-state index in [-0.39, 0.29) is 23.0 Å². The van der Waals surface area contributed by atoms with Crippen LogP contribution in [0.25, 0.3) is 11.0 Å². The predicted octanol–water partition coefficient (Wildman–Crippen LogP) is 4.51. The Kier molecular flexibility index (Phi) is 6.21. The van der Waals surface area contributed by atoms with E-state index in [0.29, 0.717) is 5.02 Å². The summed E-state index contributed by atoms with van der Waals surface area (Å²) >= 11 is 11.9. The number of hydrogen-bond donors (Lipinski definition) is 3. The SMILES string of the molecule is O=C(CNC(=O)c1ccc(Cl)cc1Cl)NC(c1ccccc1)c1ccc2nc[nH]c2c1. The third-order valence-electron chi connectivity index (χ3n) is 4.80. The van der Waals surface area contributed by atoms with Gasteiger partial charge < -0.3 is 15.6 Å². The maximum Gasteiger partial charge on any atom is 0.253 e. The smallest absolute Gasteiger partial charge is 0.253 e. The molecular formula is C23H18Cl2N4O2. The second-order valence-corrected chi connectivity index (χ2v) is 7.74. The van der Waals surface area contributed by atoms with E-state index in [4.69, 9.17) is 23.2 Å². The Morgan fingerprint density at radius 1 is 0.968 bits per heavy atom. The maximum absolute atomic E-state index is 12.7. The first kappa shape index (κ1) is 20.9. The minimum Gasteiger partial charge on any atom is -0.345 e. The van der Waals surface area contributed by atoms with E-state index in [1.54, 1.807) is 12.4 Å². The van der Waals surface area contributed by atoms with E-state index < -0.39 is 11.9 Å². The maximum atomic E-state index is 12.7. The molecule has 3 N–H and O–H groups in total. The van der Waals surface area contributed by atoms with Crippen LogP contribution >= 0.6 is 23.2 Å². The van der Waals surface area contributed by atoms with E-state index in [0.717, 1.165) is 22.2 Å². The van der Waals surface area contributed by atoms with Crippen LogP contribution in [0.15, 0.2) is 73.1 Å². The number of aromatic nitrogens is 2. The number of rotatable bonds is 6. The zero-order valence-corrected chi connectivity index (χ0v) is 17.7. The lowest BCUT2D eigenvalue weighted by atomic mass is 9.98. The van der Waals surface area contributed by atoms with Crippen LogP contribution in [-0.4, -0.2) is 28.3 Å². The van der Waals surface area contributed by atoms with Crippen LogP contribution in [0, 0.1) is 0 Å². The van der Waals surface area contributed by atoms with Gasteiger partial charge in [-0.15, -0.1) is 0 Å². The minimum atomic E-state index is -0.452. The van der Waals surface area contributed by atoms with Crippen molar-refractivity contribution in [3.05, 3.63) is 99.8 Å². The van der Waals surface area contributed by atoms with Gasteiger partial charge in [-0.2, -0.15) is 0 Å². The van der Waals surface area contributed by atoms with Crippen LogP contribution in [0.5, 0.6) is 0 Å². The number of nitrogens with one attached hydrogen (secondary N) is 3. The molecule has 0 saturated carbocycles. The summed E-state index contributed by atoms with van der Waals surface area (Å²) in [5.41, 5.74) is 3.78. The highest BCUT2D eigenvalue weighted by Gasteiger charge is 2.19. The van der Waals surface area contributed by atoms with E-state index in [2.05, 4.69) is 20.6 Å². The van der Waals surface area contributed by atoms with Gasteiger partial charge in [0.15, 0.2) is 0 Å². The van der Waals surface area contributed by atoms with Crippen molar-refractivity contribution in [1.82, 2.24) is 20.6 Å². The molecule has 0 aliphatic carbocycles. The molecule has 0 aliphatic heterocycles. The Labute approximate surface area is 188 Å². The van der Waals surface area contributed by atoms with Crippen molar-refractivity contribution >= 4 is 46.0 Å². The first-order valence-electron chi connectivity index (χ1n) is 9.52. The Morgan fingerprint density at radius 3 is 2.55 bits per heavy atom. The molecule has 0 fully saturated rings. The quantitative estimate of drug-likeness (QED) is 0.402. The van der Waals surface area contributed by atoms with Gasteiger partial charge in [0.2, 0.25) is 5.91 Å². The van der Waals surface area contributed by atoms with Gasteiger partial charge in [0, 0.05) is 5.02 Å². The summed E-state index contributed by atoms with van der Waals surface area (Å²) in [6, 6.07) is 19.6. The van der Waals surface area contributed by atoms with Crippen molar-refractivity contribution in [3.63, 3.8) is 0 Å². The first-order valence-corrected chi connectivity index (χ1v) is 10.3. The van der Waals surface area contributed by atoms with E-state index in [9.17, 15) is 9.59 Å². The van der Waals surface area contributed by atoms with Crippen molar-refractivity contribution in [2.45, 2.75) is 6.04 Å². The Bertz CT molecular complexity index is 1240. The summed E-state index contributed by atoms with van der Waals surface area (Å²) in [6.45, 7) is -0.201. The molecule has 4 aromatic rings. The zero-order valence-electron chi connectivity index (χ0n) is 16.2. The Morgan fingerprint density at radius 2 is 1.77 bits per heavy atom. The lowest BCUT2D eigenvalue weighted by Crippen LogP contribution is -2.39. The molecule has 1 aromatic heterocycles. The number of imidazole rings is 1. The van der Waals surface area contributed by atoms with Gasteiger partial charge in [-0.3, -0.25) is 9.59 Å². The summed E-state index contributed by atoms with van der Waals surface area (Å²) in [7, 11) is 0. The predicted molar refractivity (Wildman–Crippen MR) is 121 cm³/mol. The molecule has 0 bridgehead atoms. The van der Waals surface area contributed by atoms with Crippen LogP contribution in [0.2, 0.25) is 10.0 Å². The minimum absolute atomic E-state index is 0.201. The number of amides is 2. The summed E-state index contributed by atoms with van der Waals surface area (Å²) in [5.74, 6) is -0.788. The molecule has 3 aromatic carbocycles. The molecule has 0 aliphatic rings.